The molecular formula is C30H27N3O7S. The number of benzene rings is 4. The van der Waals surface area contributed by atoms with Crippen molar-refractivity contribution in [3.63, 3.8) is 0 Å². The van der Waals surface area contributed by atoms with Gasteiger partial charge in [-0.1, -0.05) is 91.0 Å². The van der Waals surface area contributed by atoms with Crippen molar-refractivity contribution in [1.29, 1.82) is 0 Å². The molecule has 0 spiro atoms. The molecule has 4 rings (SSSR count). The van der Waals surface area contributed by atoms with Crippen LogP contribution in [0.5, 0.6) is 0 Å². The Hall–Kier alpha value is -4.87. The number of aliphatic carboxylic acids is 1. The van der Waals surface area contributed by atoms with Gasteiger partial charge in [0, 0.05) is 19.2 Å². The van der Waals surface area contributed by atoms with Crippen LogP contribution in [-0.4, -0.2) is 47.7 Å². The minimum absolute atomic E-state index is 0.320. The molecule has 210 valence electrons. The Balaban J connectivity index is 1.72. The normalized spacial score (nSPS) is 12.4. The third-order valence-corrected chi connectivity index (χ3v) is 8.66. The highest BCUT2D eigenvalue weighted by molar-refractivity contribution is 7.89. The largest absolute Gasteiger partial charge is 0.480 e. The van der Waals surface area contributed by atoms with Gasteiger partial charge in [0.05, 0.1) is 16.2 Å². The van der Waals surface area contributed by atoms with Crippen molar-refractivity contribution in [1.82, 2.24) is 9.62 Å². The molecule has 41 heavy (non-hydrogen) atoms. The van der Waals surface area contributed by atoms with Gasteiger partial charge in [0.25, 0.3) is 5.69 Å². The quantitative estimate of drug-likeness (QED) is 0.156. The van der Waals surface area contributed by atoms with Crippen molar-refractivity contribution in [2.45, 2.75) is 22.9 Å². The van der Waals surface area contributed by atoms with Crippen LogP contribution in [0.3, 0.4) is 0 Å². The number of carbonyl (C=O) groups excluding carboxylic acids is 1. The van der Waals surface area contributed by atoms with E-state index < -0.39 is 44.8 Å². The van der Waals surface area contributed by atoms with Gasteiger partial charge < -0.3 is 10.4 Å². The highest BCUT2D eigenvalue weighted by Gasteiger charge is 2.40. The van der Waals surface area contributed by atoms with Gasteiger partial charge in [-0.15, -0.1) is 0 Å². The topological polar surface area (TPSA) is 147 Å². The average molecular weight is 574 g/mol. The summed E-state index contributed by atoms with van der Waals surface area (Å²) in [5, 5.41) is 24.0. The van der Waals surface area contributed by atoms with Gasteiger partial charge >= 0.3 is 5.97 Å². The molecule has 0 heterocycles. The van der Waals surface area contributed by atoms with Crippen LogP contribution in [0.15, 0.2) is 120 Å². The third-order valence-electron chi connectivity index (χ3n) is 6.77. The molecule has 0 aliphatic carbocycles. The number of hydrogen-bond acceptors (Lipinski definition) is 6. The molecular weight excluding hydrogens is 546 g/mol. The van der Waals surface area contributed by atoms with Gasteiger partial charge in [-0.3, -0.25) is 19.7 Å². The molecule has 1 atom stereocenters. The van der Waals surface area contributed by atoms with Crippen LogP contribution in [0.25, 0.3) is 0 Å². The standard InChI is InChI=1S/C30H27N3O7S/c1-32(41(39,40)26-19-17-25(18-20-26)33(37)38)27(29(35)36)21-28(34)31-30(22-11-5-2-6-12-22,23-13-7-3-8-14-23)24-15-9-4-10-16-24/h2-20,27H,21H2,1H3,(H,31,34)(H,35,36)/t27-/m0/s1. The van der Waals surface area contributed by atoms with Gasteiger partial charge in [-0.05, 0) is 28.8 Å². The summed E-state index contributed by atoms with van der Waals surface area (Å²) >= 11 is 0. The van der Waals surface area contributed by atoms with Crippen molar-refractivity contribution in [3.8, 4) is 0 Å². The number of nitrogens with zero attached hydrogens (tertiary/aromatic N) is 2. The Bertz CT molecular complexity index is 1530. The minimum Gasteiger partial charge on any atom is -0.480 e. The average Bonchev–Trinajstić information content (AvgIpc) is 2.99. The molecule has 4 aromatic rings. The van der Waals surface area contributed by atoms with Crippen molar-refractivity contribution in [2.75, 3.05) is 7.05 Å². The van der Waals surface area contributed by atoms with Crippen LogP contribution in [0.4, 0.5) is 5.69 Å². The van der Waals surface area contributed by atoms with E-state index in [1.165, 1.54) is 0 Å². The molecule has 4 aromatic carbocycles. The van der Waals surface area contributed by atoms with Crippen molar-refractivity contribution in [2.24, 2.45) is 0 Å². The number of hydrogen-bond donors (Lipinski definition) is 2. The Morgan fingerprint density at radius 3 is 1.61 bits per heavy atom. The molecule has 0 aliphatic rings. The van der Waals surface area contributed by atoms with E-state index in [2.05, 4.69) is 5.32 Å². The van der Waals surface area contributed by atoms with Gasteiger partial charge in [0.1, 0.15) is 11.6 Å². The fourth-order valence-corrected chi connectivity index (χ4v) is 5.97. The van der Waals surface area contributed by atoms with Crippen molar-refractivity contribution < 1.29 is 28.0 Å². The first-order valence-electron chi connectivity index (χ1n) is 12.5. The summed E-state index contributed by atoms with van der Waals surface area (Å²) in [6.45, 7) is 0. The zero-order chi connectivity index (χ0) is 29.6. The van der Waals surface area contributed by atoms with E-state index in [1.807, 2.05) is 91.0 Å². The van der Waals surface area contributed by atoms with E-state index in [0.29, 0.717) is 21.0 Å². The molecule has 0 saturated carbocycles. The molecule has 11 heteroatoms. The summed E-state index contributed by atoms with van der Waals surface area (Å²) in [7, 11) is -3.36. The van der Waals surface area contributed by atoms with E-state index in [-0.39, 0.29) is 10.6 Å². The van der Waals surface area contributed by atoms with Crippen LogP contribution in [0, 0.1) is 10.1 Å². The molecule has 0 bridgehead atoms. The summed E-state index contributed by atoms with van der Waals surface area (Å²) < 4.78 is 27.1. The van der Waals surface area contributed by atoms with Gasteiger partial charge in [-0.25, -0.2) is 8.42 Å². The van der Waals surface area contributed by atoms with Gasteiger partial charge in [0.15, 0.2) is 0 Å². The van der Waals surface area contributed by atoms with E-state index in [0.717, 1.165) is 31.3 Å². The summed E-state index contributed by atoms with van der Waals surface area (Å²) in [6, 6.07) is 29.9. The molecule has 0 radical (unpaired) electrons. The monoisotopic (exact) mass is 573 g/mol. The third kappa shape index (κ3) is 6.01. The lowest BCUT2D eigenvalue weighted by Crippen LogP contribution is -2.51. The lowest BCUT2D eigenvalue weighted by atomic mass is 9.77. The maximum Gasteiger partial charge on any atom is 0.322 e. The number of carboxylic acid groups (broad SMARTS) is 1. The Kier molecular flexibility index (Phi) is 8.60. The smallest absolute Gasteiger partial charge is 0.322 e. The highest BCUT2D eigenvalue weighted by Crippen LogP contribution is 2.37. The van der Waals surface area contributed by atoms with Crippen LogP contribution < -0.4 is 5.32 Å². The fourth-order valence-electron chi connectivity index (χ4n) is 4.66. The van der Waals surface area contributed by atoms with Crippen molar-refractivity contribution in [3.05, 3.63) is 142 Å². The van der Waals surface area contributed by atoms with Crippen LogP contribution in [0.1, 0.15) is 23.1 Å². The molecule has 0 aromatic heterocycles. The van der Waals surface area contributed by atoms with E-state index in [1.54, 1.807) is 0 Å². The second-order valence-corrected chi connectivity index (χ2v) is 11.2. The van der Waals surface area contributed by atoms with Gasteiger partial charge in [-0.2, -0.15) is 4.31 Å². The molecule has 0 saturated heterocycles. The molecule has 1 amide bonds. The number of nitro benzene ring substituents is 1. The van der Waals surface area contributed by atoms with Crippen molar-refractivity contribution >= 4 is 27.6 Å². The second kappa shape index (κ2) is 12.1. The Morgan fingerprint density at radius 1 is 0.829 bits per heavy atom. The predicted molar refractivity (Wildman–Crippen MR) is 151 cm³/mol. The number of nitrogens with one attached hydrogen (secondary N) is 1. The number of amides is 1. The maximum atomic E-state index is 13.7. The number of carbonyl (C=O) groups is 2. The zero-order valence-electron chi connectivity index (χ0n) is 22.0. The number of rotatable bonds is 11. The van der Waals surface area contributed by atoms with Crippen LogP contribution in [-0.2, 0) is 25.2 Å². The molecule has 10 nitrogen and oxygen atoms in total. The number of non-ortho nitro benzene ring substituents is 1. The first-order chi connectivity index (χ1) is 19.6. The lowest BCUT2D eigenvalue weighted by Gasteiger charge is -2.37. The minimum atomic E-state index is -4.42. The number of carboxylic acids is 1. The van der Waals surface area contributed by atoms with Crippen LogP contribution in [0.2, 0.25) is 0 Å². The molecule has 0 fully saturated rings. The summed E-state index contributed by atoms with van der Waals surface area (Å²) in [5.41, 5.74) is 0.595. The summed E-state index contributed by atoms with van der Waals surface area (Å²) in [6.07, 6.45) is -0.702. The lowest BCUT2D eigenvalue weighted by molar-refractivity contribution is -0.384. The number of nitro groups is 1. The maximum absolute atomic E-state index is 13.7. The van der Waals surface area contributed by atoms with E-state index in [9.17, 15) is 33.2 Å². The Morgan fingerprint density at radius 2 is 1.24 bits per heavy atom. The van der Waals surface area contributed by atoms with Crippen LogP contribution >= 0.6 is 0 Å². The fraction of sp³-hybridized carbons (Fsp3) is 0.133. The number of sulfonamides is 1. The Labute approximate surface area is 237 Å². The summed E-state index contributed by atoms with van der Waals surface area (Å²) in [5.74, 6) is -2.24. The van der Waals surface area contributed by atoms with E-state index >= 15 is 0 Å². The first kappa shape index (κ1) is 29.1. The number of likely N-dealkylation sites (N-methyl/N-ethyl adjacent to an activating group) is 1. The first-order valence-corrected chi connectivity index (χ1v) is 13.9. The second-order valence-electron chi connectivity index (χ2n) is 9.23. The molecule has 2 N–H and O–H groups in total. The van der Waals surface area contributed by atoms with Gasteiger partial charge in [0.2, 0.25) is 15.9 Å². The SMILES string of the molecule is CN([C@@H](CC(=O)NC(c1ccccc1)(c1ccccc1)c1ccccc1)C(=O)O)S(=O)(=O)c1ccc([N+](=O)[O-])cc1. The zero-order valence-corrected chi connectivity index (χ0v) is 22.8. The highest BCUT2D eigenvalue weighted by atomic mass is 32.2. The molecule has 0 aliphatic heterocycles. The van der Waals surface area contributed by atoms with E-state index in [4.69, 9.17) is 0 Å². The summed E-state index contributed by atoms with van der Waals surface area (Å²) in [4.78, 5) is 35.9. The molecule has 0 unspecified atom stereocenters. The predicted octanol–water partition coefficient (Wildman–Crippen LogP) is 4.17.